The highest BCUT2D eigenvalue weighted by Gasteiger charge is 2.34. The maximum absolute atomic E-state index is 3.44. The molecule has 0 saturated carbocycles. The van der Waals surface area contributed by atoms with Crippen molar-refractivity contribution in [3.05, 3.63) is 0 Å². The molecular weight excluding hydrogens is 184 g/mol. The first-order valence-electron chi connectivity index (χ1n) is 6.49. The molecule has 0 atom stereocenters. The fraction of sp³-hybridized carbons (Fsp3) is 1.00. The molecule has 2 fully saturated rings. The third-order valence-corrected chi connectivity index (χ3v) is 3.71. The standard InChI is InChI=1S/C13H26N2/c1-13(2,3)8-11-9-15(10-11)12-4-6-14-7-5-12/h11-12,14H,4-10H2,1-3H3. The van der Waals surface area contributed by atoms with Crippen LogP contribution in [0.1, 0.15) is 40.0 Å². The zero-order valence-electron chi connectivity index (χ0n) is 10.6. The van der Waals surface area contributed by atoms with E-state index in [2.05, 4.69) is 31.0 Å². The Morgan fingerprint density at radius 2 is 1.73 bits per heavy atom. The fourth-order valence-electron chi connectivity index (χ4n) is 3.07. The van der Waals surface area contributed by atoms with Gasteiger partial charge in [-0.15, -0.1) is 0 Å². The van der Waals surface area contributed by atoms with Crippen LogP contribution in [0.5, 0.6) is 0 Å². The molecule has 2 aliphatic rings. The summed E-state index contributed by atoms with van der Waals surface area (Å²) in [7, 11) is 0. The highest BCUT2D eigenvalue weighted by molar-refractivity contribution is 4.89. The van der Waals surface area contributed by atoms with Crippen molar-refractivity contribution in [2.24, 2.45) is 11.3 Å². The van der Waals surface area contributed by atoms with Crippen molar-refractivity contribution in [1.29, 1.82) is 0 Å². The van der Waals surface area contributed by atoms with Crippen LogP contribution >= 0.6 is 0 Å². The molecule has 2 aliphatic heterocycles. The predicted molar refractivity (Wildman–Crippen MR) is 65.0 cm³/mol. The van der Waals surface area contributed by atoms with Gasteiger partial charge >= 0.3 is 0 Å². The summed E-state index contributed by atoms with van der Waals surface area (Å²) in [6.07, 6.45) is 4.12. The summed E-state index contributed by atoms with van der Waals surface area (Å²) in [4.78, 5) is 2.71. The average molecular weight is 210 g/mol. The molecule has 2 saturated heterocycles. The first kappa shape index (κ1) is 11.4. The lowest BCUT2D eigenvalue weighted by Crippen LogP contribution is -2.55. The van der Waals surface area contributed by atoms with Gasteiger partial charge in [-0.05, 0) is 43.7 Å². The molecule has 2 rings (SSSR count). The summed E-state index contributed by atoms with van der Waals surface area (Å²) in [6, 6.07) is 0.891. The summed E-state index contributed by atoms with van der Waals surface area (Å²) in [5, 5.41) is 3.44. The van der Waals surface area contributed by atoms with E-state index in [1.807, 2.05) is 0 Å². The quantitative estimate of drug-likeness (QED) is 0.751. The first-order valence-corrected chi connectivity index (χ1v) is 6.49. The van der Waals surface area contributed by atoms with E-state index in [1.54, 1.807) is 0 Å². The zero-order chi connectivity index (χ0) is 10.9. The van der Waals surface area contributed by atoms with Crippen molar-refractivity contribution in [1.82, 2.24) is 10.2 Å². The smallest absolute Gasteiger partial charge is 0.0120 e. The van der Waals surface area contributed by atoms with Crippen molar-refractivity contribution < 1.29 is 0 Å². The molecule has 0 bridgehead atoms. The largest absolute Gasteiger partial charge is 0.317 e. The van der Waals surface area contributed by atoms with E-state index in [9.17, 15) is 0 Å². The Kier molecular flexibility index (Phi) is 3.36. The molecule has 0 aliphatic carbocycles. The van der Waals surface area contributed by atoms with Crippen LogP contribution in [0.25, 0.3) is 0 Å². The van der Waals surface area contributed by atoms with Gasteiger partial charge in [0.1, 0.15) is 0 Å². The molecule has 2 heteroatoms. The predicted octanol–water partition coefficient (Wildman–Crippen LogP) is 2.11. The summed E-state index contributed by atoms with van der Waals surface area (Å²) < 4.78 is 0. The van der Waals surface area contributed by atoms with E-state index in [0.29, 0.717) is 5.41 Å². The van der Waals surface area contributed by atoms with Crippen LogP contribution in [0.2, 0.25) is 0 Å². The molecule has 0 aromatic rings. The first-order chi connectivity index (χ1) is 7.04. The summed E-state index contributed by atoms with van der Waals surface area (Å²) in [5.74, 6) is 0.972. The molecule has 0 unspecified atom stereocenters. The number of hydrogen-bond donors (Lipinski definition) is 1. The van der Waals surface area contributed by atoms with E-state index in [0.717, 1.165) is 12.0 Å². The minimum Gasteiger partial charge on any atom is -0.317 e. The fourth-order valence-corrected chi connectivity index (χ4v) is 3.07. The maximum atomic E-state index is 3.44. The van der Waals surface area contributed by atoms with Crippen LogP contribution in [0.4, 0.5) is 0 Å². The van der Waals surface area contributed by atoms with Crippen LogP contribution in [0.3, 0.4) is 0 Å². The SMILES string of the molecule is CC(C)(C)CC1CN(C2CCNCC2)C1. The molecular formula is C13H26N2. The molecule has 0 radical (unpaired) electrons. The topological polar surface area (TPSA) is 15.3 Å². The third kappa shape index (κ3) is 3.18. The summed E-state index contributed by atoms with van der Waals surface area (Å²) >= 11 is 0. The van der Waals surface area contributed by atoms with E-state index < -0.39 is 0 Å². The number of hydrogen-bond acceptors (Lipinski definition) is 2. The van der Waals surface area contributed by atoms with Crippen LogP contribution in [-0.4, -0.2) is 37.1 Å². The highest BCUT2D eigenvalue weighted by atomic mass is 15.2. The molecule has 15 heavy (non-hydrogen) atoms. The van der Waals surface area contributed by atoms with Gasteiger partial charge in [0.25, 0.3) is 0 Å². The van der Waals surface area contributed by atoms with Gasteiger partial charge in [0.05, 0.1) is 0 Å². The van der Waals surface area contributed by atoms with Crippen LogP contribution in [0.15, 0.2) is 0 Å². The third-order valence-electron chi connectivity index (χ3n) is 3.71. The van der Waals surface area contributed by atoms with Crippen molar-refractivity contribution >= 4 is 0 Å². The summed E-state index contributed by atoms with van der Waals surface area (Å²) in [5.41, 5.74) is 0.519. The number of piperidine rings is 1. The Bertz CT molecular complexity index is 195. The lowest BCUT2D eigenvalue weighted by atomic mass is 9.80. The van der Waals surface area contributed by atoms with Crippen LogP contribution in [-0.2, 0) is 0 Å². The lowest BCUT2D eigenvalue weighted by Gasteiger charge is -2.47. The van der Waals surface area contributed by atoms with Crippen molar-refractivity contribution in [3.63, 3.8) is 0 Å². The zero-order valence-corrected chi connectivity index (χ0v) is 10.6. The Hall–Kier alpha value is -0.0800. The van der Waals surface area contributed by atoms with Crippen molar-refractivity contribution in [2.75, 3.05) is 26.2 Å². The van der Waals surface area contributed by atoms with Gasteiger partial charge in [0.2, 0.25) is 0 Å². The molecule has 2 nitrogen and oxygen atoms in total. The normalized spacial score (nSPS) is 26.6. The maximum Gasteiger partial charge on any atom is 0.0120 e. The van der Waals surface area contributed by atoms with Gasteiger partial charge in [0.15, 0.2) is 0 Å². The molecule has 0 aromatic carbocycles. The molecule has 0 spiro atoms. The molecule has 1 N–H and O–H groups in total. The van der Waals surface area contributed by atoms with E-state index in [1.165, 1.54) is 45.4 Å². The molecule has 88 valence electrons. The number of rotatable bonds is 2. The number of likely N-dealkylation sites (tertiary alicyclic amines) is 1. The second kappa shape index (κ2) is 4.42. The van der Waals surface area contributed by atoms with Gasteiger partial charge in [-0.25, -0.2) is 0 Å². The molecule has 0 aromatic heterocycles. The second-order valence-corrected chi connectivity index (χ2v) is 6.57. The monoisotopic (exact) mass is 210 g/mol. The number of nitrogens with zero attached hydrogens (tertiary/aromatic N) is 1. The molecule has 2 heterocycles. The Morgan fingerprint density at radius 1 is 1.13 bits per heavy atom. The number of nitrogens with one attached hydrogen (secondary N) is 1. The lowest BCUT2D eigenvalue weighted by molar-refractivity contribution is 0.0189. The van der Waals surface area contributed by atoms with Gasteiger partial charge in [0, 0.05) is 19.1 Å². The Balaban J connectivity index is 1.68. The summed E-state index contributed by atoms with van der Waals surface area (Å²) in [6.45, 7) is 12.3. The van der Waals surface area contributed by atoms with Gasteiger partial charge < -0.3 is 5.32 Å². The highest BCUT2D eigenvalue weighted by Crippen LogP contribution is 2.32. The van der Waals surface area contributed by atoms with E-state index in [-0.39, 0.29) is 0 Å². The Labute approximate surface area is 94.4 Å². The van der Waals surface area contributed by atoms with E-state index >= 15 is 0 Å². The van der Waals surface area contributed by atoms with Crippen molar-refractivity contribution in [3.8, 4) is 0 Å². The minimum absolute atomic E-state index is 0.519. The second-order valence-electron chi connectivity index (χ2n) is 6.57. The van der Waals surface area contributed by atoms with Gasteiger partial charge in [-0.2, -0.15) is 0 Å². The average Bonchev–Trinajstić information content (AvgIpc) is 2.11. The van der Waals surface area contributed by atoms with Gasteiger partial charge in [-0.3, -0.25) is 4.90 Å². The van der Waals surface area contributed by atoms with Crippen molar-refractivity contribution in [2.45, 2.75) is 46.1 Å². The van der Waals surface area contributed by atoms with Crippen LogP contribution < -0.4 is 5.32 Å². The molecule has 0 amide bonds. The van der Waals surface area contributed by atoms with Crippen LogP contribution in [0, 0.1) is 11.3 Å². The Morgan fingerprint density at radius 3 is 2.27 bits per heavy atom. The minimum atomic E-state index is 0.519. The van der Waals surface area contributed by atoms with E-state index in [4.69, 9.17) is 0 Å². The van der Waals surface area contributed by atoms with Gasteiger partial charge in [-0.1, -0.05) is 20.8 Å².